The van der Waals surface area contributed by atoms with Crippen LogP contribution in [0, 0.1) is 17.3 Å². The largest absolute Gasteiger partial charge is 0.340 e. The van der Waals surface area contributed by atoms with Crippen molar-refractivity contribution >= 4 is 5.91 Å². The maximum Gasteiger partial charge on any atom is 0.226 e. The van der Waals surface area contributed by atoms with E-state index >= 15 is 0 Å². The van der Waals surface area contributed by atoms with Crippen molar-refractivity contribution in [3.05, 3.63) is 71.8 Å². The number of carbonyl (C=O) groups excluding carboxylic acids is 1. The summed E-state index contributed by atoms with van der Waals surface area (Å²) in [6.45, 7) is 13.6. The Morgan fingerprint density at radius 2 is 1.50 bits per heavy atom. The fourth-order valence-corrected chi connectivity index (χ4v) is 5.52. The molecule has 1 aliphatic heterocycles. The number of nitrogens with zero attached hydrogens (tertiary/aromatic N) is 2. The molecule has 1 saturated carbocycles. The standard InChI is InChI=1S/C30H43N3O/c1-5-12-27(30(2,3)4)31-22-25-21-26(25)29(34)33-19-17-32(18-20-33)28(23-13-8-6-9-14-23)24-15-10-7-11-16-24/h6-11,13-16,25-28,31H,5,12,17-22H2,1-4H3. The highest BCUT2D eigenvalue weighted by atomic mass is 16.2. The number of carbonyl (C=O) groups is 1. The Balaban J connectivity index is 1.31. The van der Waals surface area contributed by atoms with Crippen LogP contribution in [0.15, 0.2) is 60.7 Å². The molecule has 4 heteroatoms. The normalized spacial score (nSPS) is 22.1. The van der Waals surface area contributed by atoms with E-state index in [0.29, 0.717) is 17.9 Å². The minimum Gasteiger partial charge on any atom is -0.340 e. The third-order valence-electron chi connectivity index (χ3n) is 7.71. The van der Waals surface area contributed by atoms with Crippen LogP contribution in [0.1, 0.15) is 64.1 Å². The van der Waals surface area contributed by atoms with Crippen molar-refractivity contribution in [3.63, 3.8) is 0 Å². The molecule has 3 unspecified atom stereocenters. The zero-order valence-electron chi connectivity index (χ0n) is 21.5. The van der Waals surface area contributed by atoms with Crippen LogP contribution in [-0.2, 0) is 4.79 Å². The van der Waals surface area contributed by atoms with Gasteiger partial charge in [-0.3, -0.25) is 9.69 Å². The van der Waals surface area contributed by atoms with Gasteiger partial charge in [0.25, 0.3) is 0 Å². The van der Waals surface area contributed by atoms with E-state index < -0.39 is 0 Å². The van der Waals surface area contributed by atoms with Crippen molar-refractivity contribution in [2.45, 2.75) is 59.0 Å². The number of rotatable bonds is 9. The lowest BCUT2D eigenvalue weighted by molar-refractivity contribution is -0.134. The van der Waals surface area contributed by atoms with E-state index in [1.807, 2.05) is 0 Å². The summed E-state index contributed by atoms with van der Waals surface area (Å²) in [6, 6.07) is 22.3. The molecule has 1 saturated heterocycles. The maximum absolute atomic E-state index is 13.2. The molecule has 2 fully saturated rings. The lowest BCUT2D eigenvalue weighted by Crippen LogP contribution is -2.50. The molecule has 0 bridgehead atoms. The minimum atomic E-state index is 0.223. The van der Waals surface area contributed by atoms with Gasteiger partial charge in [0.1, 0.15) is 0 Å². The molecule has 1 heterocycles. The molecule has 3 atom stereocenters. The first-order valence-electron chi connectivity index (χ1n) is 13.2. The third kappa shape index (κ3) is 6.09. The molecule has 34 heavy (non-hydrogen) atoms. The second kappa shape index (κ2) is 11.0. The Morgan fingerprint density at radius 1 is 0.941 bits per heavy atom. The number of piperazine rings is 1. The van der Waals surface area contributed by atoms with Gasteiger partial charge in [-0.2, -0.15) is 0 Å². The number of amides is 1. The summed E-state index contributed by atoms with van der Waals surface area (Å²) in [5.74, 6) is 1.11. The Hall–Kier alpha value is -2.17. The summed E-state index contributed by atoms with van der Waals surface area (Å²) in [5, 5.41) is 3.79. The average Bonchev–Trinajstić information content (AvgIpc) is 3.62. The van der Waals surface area contributed by atoms with Crippen LogP contribution in [-0.4, -0.2) is 54.5 Å². The van der Waals surface area contributed by atoms with Crippen molar-refractivity contribution in [2.75, 3.05) is 32.7 Å². The van der Waals surface area contributed by atoms with Crippen LogP contribution >= 0.6 is 0 Å². The van der Waals surface area contributed by atoms with Crippen molar-refractivity contribution < 1.29 is 4.79 Å². The van der Waals surface area contributed by atoms with Crippen LogP contribution in [0.3, 0.4) is 0 Å². The smallest absolute Gasteiger partial charge is 0.226 e. The Labute approximate surface area is 206 Å². The van der Waals surface area contributed by atoms with Crippen LogP contribution in [0.25, 0.3) is 0 Å². The molecule has 184 valence electrons. The van der Waals surface area contributed by atoms with E-state index in [-0.39, 0.29) is 17.4 Å². The Kier molecular flexibility index (Phi) is 8.10. The lowest BCUT2D eigenvalue weighted by Gasteiger charge is -2.40. The van der Waals surface area contributed by atoms with E-state index in [2.05, 4.69) is 103 Å². The first kappa shape index (κ1) is 24.9. The number of benzene rings is 2. The molecule has 0 radical (unpaired) electrons. The minimum absolute atomic E-state index is 0.223. The van der Waals surface area contributed by atoms with Crippen molar-refractivity contribution in [1.29, 1.82) is 0 Å². The second-order valence-electron chi connectivity index (χ2n) is 11.3. The number of hydrogen-bond donors (Lipinski definition) is 1. The quantitative estimate of drug-likeness (QED) is 0.546. The summed E-state index contributed by atoms with van der Waals surface area (Å²) in [4.78, 5) is 17.9. The average molecular weight is 462 g/mol. The summed E-state index contributed by atoms with van der Waals surface area (Å²) >= 11 is 0. The van der Waals surface area contributed by atoms with Gasteiger partial charge < -0.3 is 10.2 Å². The van der Waals surface area contributed by atoms with Gasteiger partial charge in [0.05, 0.1) is 6.04 Å². The van der Waals surface area contributed by atoms with Gasteiger partial charge in [-0.1, -0.05) is 94.8 Å². The highest BCUT2D eigenvalue weighted by Crippen LogP contribution is 2.40. The summed E-state index contributed by atoms with van der Waals surface area (Å²) in [5.41, 5.74) is 2.90. The van der Waals surface area contributed by atoms with E-state index in [1.165, 1.54) is 24.0 Å². The van der Waals surface area contributed by atoms with Gasteiger partial charge in [-0.15, -0.1) is 0 Å². The monoisotopic (exact) mass is 461 g/mol. The summed E-state index contributed by atoms with van der Waals surface area (Å²) in [6.07, 6.45) is 3.44. The van der Waals surface area contributed by atoms with Crippen LogP contribution in [0.5, 0.6) is 0 Å². The van der Waals surface area contributed by atoms with Crippen LogP contribution in [0.2, 0.25) is 0 Å². The molecule has 0 aromatic heterocycles. The summed E-state index contributed by atoms with van der Waals surface area (Å²) < 4.78 is 0. The van der Waals surface area contributed by atoms with E-state index in [1.54, 1.807) is 0 Å². The van der Waals surface area contributed by atoms with Gasteiger partial charge in [-0.05, 0) is 41.8 Å². The highest BCUT2D eigenvalue weighted by molar-refractivity contribution is 5.81. The van der Waals surface area contributed by atoms with Crippen molar-refractivity contribution in [1.82, 2.24) is 15.1 Å². The van der Waals surface area contributed by atoms with Gasteiger partial charge >= 0.3 is 0 Å². The molecule has 1 aliphatic carbocycles. The fraction of sp³-hybridized carbons (Fsp3) is 0.567. The van der Waals surface area contributed by atoms with Crippen LogP contribution in [0.4, 0.5) is 0 Å². The van der Waals surface area contributed by atoms with E-state index in [0.717, 1.165) is 39.1 Å². The topological polar surface area (TPSA) is 35.6 Å². The van der Waals surface area contributed by atoms with Gasteiger partial charge in [0.2, 0.25) is 5.91 Å². The molecule has 4 rings (SSSR count). The molecule has 1 N–H and O–H groups in total. The zero-order chi connectivity index (χ0) is 24.1. The first-order chi connectivity index (χ1) is 16.4. The SMILES string of the molecule is CCCC(NCC1CC1C(=O)N1CCN(C(c2ccccc2)c2ccccc2)CC1)C(C)(C)C. The first-order valence-corrected chi connectivity index (χ1v) is 13.2. The Bertz CT molecular complexity index is 860. The highest BCUT2D eigenvalue weighted by Gasteiger charge is 2.45. The predicted octanol–water partition coefficient (Wildman–Crippen LogP) is 5.36. The molecule has 4 nitrogen and oxygen atoms in total. The van der Waals surface area contributed by atoms with Crippen LogP contribution < -0.4 is 5.32 Å². The second-order valence-corrected chi connectivity index (χ2v) is 11.3. The van der Waals surface area contributed by atoms with Crippen molar-refractivity contribution in [3.8, 4) is 0 Å². The van der Waals surface area contributed by atoms with Gasteiger partial charge in [0, 0.05) is 38.1 Å². The molecular weight excluding hydrogens is 418 g/mol. The number of nitrogens with one attached hydrogen (secondary N) is 1. The van der Waals surface area contributed by atoms with Gasteiger partial charge in [-0.25, -0.2) is 0 Å². The van der Waals surface area contributed by atoms with E-state index in [9.17, 15) is 4.79 Å². The Morgan fingerprint density at radius 3 is 2.00 bits per heavy atom. The fourth-order valence-electron chi connectivity index (χ4n) is 5.52. The lowest BCUT2D eigenvalue weighted by atomic mass is 9.84. The zero-order valence-corrected chi connectivity index (χ0v) is 21.5. The molecule has 1 amide bonds. The maximum atomic E-state index is 13.2. The molecule has 2 aliphatic rings. The predicted molar refractivity (Wildman–Crippen MR) is 141 cm³/mol. The van der Waals surface area contributed by atoms with Crippen molar-refractivity contribution in [2.24, 2.45) is 17.3 Å². The van der Waals surface area contributed by atoms with E-state index in [4.69, 9.17) is 0 Å². The molecule has 0 spiro atoms. The summed E-state index contributed by atoms with van der Waals surface area (Å²) in [7, 11) is 0. The third-order valence-corrected chi connectivity index (χ3v) is 7.71. The number of hydrogen-bond acceptors (Lipinski definition) is 3. The molecular formula is C30H43N3O. The van der Waals surface area contributed by atoms with Gasteiger partial charge in [0.15, 0.2) is 0 Å². The molecule has 2 aromatic carbocycles. The molecule has 2 aromatic rings.